The van der Waals surface area contributed by atoms with Crippen molar-refractivity contribution >= 4 is 28.8 Å². The fraction of sp³-hybridized carbons (Fsp3) is 0.333. The molecule has 2 bridgehead atoms. The SMILES string of the molecule is O=C(Nc1ccc(-c2ccccc2)c(Cl)c1)C1=C(c2ccnn2C2CCOCC2)[C@@H]2CCC1O2. The van der Waals surface area contributed by atoms with Gasteiger partial charge in [0.1, 0.15) is 0 Å². The Morgan fingerprint density at radius 3 is 2.59 bits per heavy atom. The molecule has 4 heterocycles. The van der Waals surface area contributed by atoms with Crippen LogP contribution in [0.4, 0.5) is 5.69 Å². The van der Waals surface area contributed by atoms with Crippen molar-refractivity contribution in [2.24, 2.45) is 0 Å². The molecule has 6 nitrogen and oxygen atoms in total. The van der Waals surface area contributed by atoms with E-state index in [9.17, 15) is 4.79 Å². The number of nitrogens with zero attached hydrogens (tertiary/aromatic N) is 2. The summed E-state index contributed by atoms with van der Waals surface area (Å²) in [4.78, 5) is 13.5. The van der Waals surface area contributed by atoms with Gasteiger partial charge in [0.05, 0.1) is 34.5 Å². The predicted octanol–water partition coefficient (Wildman–Crippen LogP) is 5.51. The normalized spacial score (nSPS) is 22.4. The lowest BCUT2D eigenvalue weighted by Gasteiger charge is -2.26. The van der Waals surface area contributed by atoms with Gasteiger partial charge in [-0.25, -0.2) is 0 Å². The molecule has 3 aliphatic rings. The average Bonchev–Trinajstić information content (AvgIpc) is 3.61. The number of fused-ring (bicyclic) bond motifs is 2. The van der Waals surface area contributed by atoms with E-state index >= 15 is 0 Å². The van der Waals surface area contributed by atoms with E-state index in [0.717, 1.165) is 61.3 Å². The van der Waals surface area contributed by atoms with Gasteiger partial charge in [-0.3, -0.25) is 9.48 Å². The Hall–Kier alpha value is -2.93. The Morgan fingerprint density at radius 1 is 1.00 bits per heavy atom. The Balaban J connectivity index is 1.30. The summed E-state index contributed by atoms with van der Waals surface area (Å²) < 4.78 is 13.8. The molecule has 0 saturated carbocycles. The summed E-state index contributed by atoms with van der Waals surface area (Å²) in [6.45, 7) is 1.47. The smallest absolute Gasteiger partial charge is 0.254 e. The number of nitrogens with one attached hydrogen (secondary N) is 1. The van der Waals surface area contributed by atoms with Crippen LogP contribution in [0.25, 0.3) is 16.7 Å². The topological polar surface area (TPSA) is 65.4 Å². The summed E-state index contributed by atoms with van der Waals surface area (Å²) in [6, 6.07) is 17.9. The van der Waals surface area contributed by atoms with Crippen molar-refractivity contribution in [1.29, 1.82) is 0 Å². The minimum Gasteiger partial charge on any atom is -0.381 e. The van der Waals surface area contributed by atoms with Gasteiger partial charge in [-0.05, 0) is 49.4 Å². The highest BCUT2D eigenvalue weighted by Gasteiger charge is 2.45. The van der Waals surface area contributed by atoms with Crippen molar-refractivity contribution in [3.63, 3.8) is 0 Å². The van der Waals surface area contributed by atoms with E-state index < -0.39 is 0 Å². The van der Waals surface area contributed by atoms with Gasteiger partial charge in [-0.1, -0.05) is 48.0 Å². The number of amides is 1. The maximum absolute atomic E-state index is 13.5. The van der Waals surface area contributed by atoms with Gasteiger partial charge >= 0.3 is 0 Å². The molecule has 6 rings (SSSR count). The van der Waals surface area contributed by atoms with Crippen molar-refractivity contribution in [3.05, 3.63) is 77.1 Å². The first-order chi connectivity index (χ1) is 16.7. The molecule has 3 aromatic rings. The molecule has 2 aromatic carbocycles. The molecule has 1 aromatic heterocycles. The van der Waals surface area contributed by atoms with Crippen molar-refractivity contribution in [2.45, 2.75) is 43.9 Å². The highest BCUT2D eigenvalue weighted by molar-refractivity contribution is 6.33. The highest BCUT2D eigenvalue weighted by atomic mass is 35.5. The van der Waals surface area contributed by atoms with Crippen LogP contribution in [0.2, 0.25) is 5.02 Å². The highest BCUT2D eigenvalue weighted by Crippen LogP contribution is 2.45. The second-order valence-corrected chi connectivity index (χ2v) is 9.44. The fourth-order valence-electron chi connectivity index (χ4n) is 5.37. The summed E-state index contributed by atoms with van der Waals surface area (Å²) >= 11 is 6.58. The number of benzene rings is 2. The lowest BCUT2D eigenvalue weighted by atomic mass is 9.89. The van der Waals surface area contributed by atoms with Crippen LogP contribution < -0.4 is 5.32 Å². The van der Waals surface area contributed by atoms with Crippen LogP contribution in [0.1, 0.15) is 37.4 Å². The van der Waals surface area contributed by atoms with Crippen LogP contribution in [-0.4, -0.2) is 41.1 Å². The molecule has 7 heteroatoms. The van der Waals surface area contributed by atoms with Gasteiger partial charge < -0.3 is 14.8 Å². The van der Waals surface area contributed by atoms with Crippen LogP contribution in [-0.2, 0) is 14.3 Å². The van der Waals surface area contributed by atoms with E-state index in [-0.39, 0.29) is 24.2 Å². The van der Waals surface area contributed by atoms with Gasteiger partial charge in [0.2, 0.25) is 0 Å². The van der Waals surface area contributed by atoms with E-state index in [2.05, 4.69) is 15.1 Å². The van der Waals surface area contributed by atoms with E-state index in [4.69, 9.17) is 21.1 Å². The molecule has 174 valence electrons. The van der Waals surface area contributed by atoms with E-state index in [1.54, 1.807) is 0 Å². The molecule has 2 fully saturated rings. The van der Waals surface area contributed by atoms with Crippen LogP contribution in [0.15, 0.2) is 66.4 Å². The second kappa shape index (κ2) is 9.02. The molecule has 0 radical (unpaired) electrons. The molecular weight excluding hydrogens is 450 g/mol. The minimum absolute atomic E-state index is 0.0647. The number of anilines is 1. The zero-order valence-corrected chi connectivity index (χ0v) is 19.5. The summed E-state index contributed by atoms with van der Waals surface area (Å²) in [5, 5.41) is 8.28. The summed E-state index contributed by atoms with van der Waals surface area (Å²) in [5.74, 6) is -0.134. The third kappa shape index (κ3) is 3.86. The molecule has 2 atom stereocenters. The standard InChI is InChI=1S/C27H26ClN3O3/c28-21-16-18(6-7-20(21)17-4-2-1-3-5-17)30-27(32)26-24-9-8-23(34-24)25(26)22-10-13-29-31(22)19-11-14-33-15-12-19/h1-7,10,13,16,19,23-24H,8-9,11-12,14-15H2,(H,30,32)/t23-,24?/m0/s1. The van der Waals surface area contributed by atoms with E-state index in [1.165, 1.54) is 0 Å². The van der Waals surface area contributed by atoms with Crippen LogP contribution in [0.5, 0.6) is 0 Å². The Kier molecular flexibility index (Phi) is 5.73. The fourth-order valence-corrected chi connectivity index (χ4v) is 5.66. The molecule has 1 N–H and O–H groups in total. The minimum atomic E-state index is -0.183. The molecule has 2 saturated heterocycles. The van der Waals surface area contributed by atoms with E-state index in [1.807, 2.05) is 60.8 Å². The van der Waals surface area contributed by atoms with Crippen molar-refractivity contribution in [3.8, 4) is 11.1 Å². The molecule has 1 amide bonds. The second-order valence-electron chi connectivity index (χ2n) is 9.04. The predicted molar refractivity (Wildman–Crippen MR) is 132 cm³/mol. The number of carbonyl (C=O) groups is 1. The maximum atomic E-state index is 13.5. The first-order valence-corrected chi connectivity index (χ1v) is 12.2. The number of carbonyl (C=O) groups excluding carboxylic acids is 1. The summed E-state index contributed by atoms with van der Waals surface area (Å²) in [6.07, 6.45) is 5.20. The Morgan fingerprint density at radius 2 is 1.79 bits per heavy atom. The van der Waals surface area contributed by atoms with Crippen LogP contribution in [0.3, 0.4) is 0 Å². The lowest BCUT2D eigenvalue weighted by Crippen LogP contribution is -2.26. The van der Waals surface area contributed by atoms with E-state index in [0.29, 0.717) is 16.3 Å². The number of rotatable bonds is 5. The van der Waals surface area contributed by atoms with Crippen molar-refractivity contribution in [2.75, 3.05) is 18.5 Å². The molecule has 0 aliphatic carbocycles. The summed E-state index contributed by atoms with van der Waals surface area (Å²) in [7, 11) is 0. The van der Waals surface area contributed by atoms with Crippen LogP contribution in [0, 0.1) is 0 Å². The quantitative estimate of drug-likeness (QED) is 0.528. The zero-order valence-electron chi connectivity index (χ0n) is 18.7. The molecule has 34 heavy (non-hydrogen) atoms. The van der Waals surface area contributed by atoms with Gasteiger partial charge in [0.15, 0.2) is 0 Å². The molecule has 1 unspecified atom stereocenters. The number of aromatic nitrogens is 2. The Labute approximate surface area is 203 Å². The number of ether oxygens (including phenoxy) is 2. The monoisotopic (exact) mass is 475 g/mol. The molecule has 0 spiro atoms. The zero-order chi connectivity index (χ0) is 23.1. The number of halogens is 1. The number of hydrogen-bond donors (Lipinski definition) is 1. The first-order valence-electron chi connectivity index (χ1n) is 11.9. The van der Waals surface area contributed by atoms with Gasteiger partial charge in [0, 0.05) is 36.2 Å². The summed E-state index contributed by atoms with van der Waals surface area (Å²) in [5.41, 5.74) is 5.32. The van der Waals surface area contributed by atoms with Gasteiger partial charge in [-0.15, -0.1) is 0 Å². The third-order valence-electron chi connectivity index (χ3n) is 6.99. The van der Waals surface area contributed by atoms with Gasteiger partial charge in [0.25, 0.3) is 5.91 Å². The lowest BCUT2D eigenvalue weighted by molar-refractivity contribution is -0.113. The van der Waals surface area contributed by atoms with Crippen LogP contribution >= 0.6 is 11.6 Å². The number of hydrogen-bond acceptors (Lipinski definition) is 4. The largest absolute Gasteiger partial charge is 0.381 e. The average molecular weight is 476 g/mol. The third-order valence-corrected chi connectivity index (χ3v) is 7.31. The van der Waals surface area contributed by atoms with Crippen molar-refractivity contribution < 1.29 is 14.3 Å². The maximum Gasteiger partial charge on any atom is 0.254 e. The Bertz CT molecular complexity index is 1250. The van der Waals surface area contributed by atoms with Crippen molar-refractivity contribution in [1.82, 2.24) is 9.78 Å². The molecular formula is C27H26ClN3O3. The van der Waals surface area contributed by atoms with Gasteiger partial charge in [-0.2, -0.15) is 5.10 Å². The molecule has 3 aliphatic heterocycles. The first kappa shape index (κ1) is 21.6.